The van der Waals surface area contributed by atoms with Gasteiger partial charge in [-0.05, 0) is 50.5 Å². The van der Waals surface area contributed by atoms with Crippen LogP contribution in [0.1, 0.15) is 56.4 Å². The van der Waals surface area contributed by atoms with Gasteiger partial charge in [0, 0.05) is 37.4 Å². The summed E-state index contributed by atoms with van der Waals surface area (Å²) in [5.41, 5.74) is 4.25. The first-order chi connectivity index (χ1) is 11.9. The third-order valence-electron chi connectivity index (χ3n) is 5.34. The molecule has 0 saturated carbocycles. The van der Waals surface area contributed by atoms with E-state index >= 15 is 0 Å². The summed E-state index contributed by atoms with van der Waals surface area (Å²) in [6, 6.07) is 9.00. The minimum absolute atomic E-state index is 0.0908. The molecular formula is C20H24N2O3. The van der Waals surface area contributed by atoms with Crippen molar-refractivity contribution in [2.75, 3.05) is 13.1 Å². The van der Waals surface area contributed by atoms with Gasteiger partial charge in [-0.25, -0.2) is 4.79 Å². The molecule has 1 aromatic carbocycles. The van der Waals surface area contributed by atoms with Gasteiger partial charge >= 0.3 is 5.97 Å². The predicted molar refractivity (Wildman–Crippen MR) is 96.2 cm³/mol. The molecule has 0 radical (unpaired) electrons. The number of carbonyl (C=O) groups excluding carboxylic acids is 1. The van der Waals surface area contributed by atoms with Crippen molar-refractivity contribution in [3.63, 3.8) is 0 Å². The van der Waals surface area contributed by atoms with E-state index in [1.807, 2.05) is 48.6 Å². The van der Waals surface area contributed by atoms with E-state index in [-0.39, 0.29) is 11.8 Å². The fourth-order valence-electron chi connectivity index (χ4n) is 3.57. The molecule has 2 aromatic rings. The summed E-state index contributed by atoms with van der Waals surface area (Å²) >= 11 is 0. The largest absolute Gasteiger partial charge is 0.478 e. The standard InChI is InChI=1S/C20H24N2O3/c1-13-11-18(14(2)21(13)3)19(23)22-10-4-5-17(12-22)15-6-8-16(9-7-15)20(24)25/h6-9,11,17H,4-5,10,12H2,1-3H3,(H,24,25)/t17-/m1/s1. The van der Waals surface area contributed by atoms with Crippen LogP contribution in [-0.2, 0) is 7.05 Å². The first-order valence-electron chi connectivity index (χ1n) is 8.64. The van der Waals surface area contributed by atoms with Gasteiger partial charge in [0.2, 0.25) is 0 Å². The van der Waals surface area contributed by atoms with E-state index in [1.54, 1.807) is 12.1 Å². The average molecular weight is 340 g/mol. The molecular weight excluding hydrogens is 316 g/mol. The van der Waals surface area contributed by atoms with Gasteiger partial charge in [0.05, 0.1) is 11.1 Å². The van der Waals surface area contributed by atoms with Crippen molar-refractivity contribution in [1.29, 1.82) is 0 Å². The number of carboxylic acids is 1. The number of carboxylic acid groups (broad SMARTS) is 1. The van der Waals surface area contributed by atoms with Crippen LogP contribution in [0.25, 0.3) is 0 Å². The zero-order valence-corrected chi connectivity index (χ0v) is 15.0. The highest BCUT2D eigenvalue weighted by atomic mass is 16.4. The number of aromatic nitrogens is 1. The number of amides is 1. The second-order valence-electron chi connectivity index (χ2n) is 6.86. The summed E-state index contributed by atoms with van der Waals surface area (Å²) < 4.78 is 2.04. The molecule has 132 valence electrons. The van der Waals surface area contributed by atoms with Crippen LogP contribution >= 0.6 is 0 Å². The molecule has 0 unspecified atom stereocenters. The van der Waals surface area contributed by atoms with Crippen molar-refractivity contribution in [3.8, 4) is 0 Å². The number of aryl methyl sites for hydroxylation is 1. The van der Waals surface area contributed by atoms with Crippen molar-refractivity contribution in [2.45, 2.75) is 32.6 Å². The maximum absolute atomic E-state index is 12.9. The van der Waals surface area contributed by atoms with Gasteiger partial charge in [0.1, 0.15) is 0 Å². The van der Waals surface area contributed by atoms with E-state index in [1.165, 1.54) is 0 Å². The molecule has 5 nitrogen and oxygen atoms in total. The molecule has 1 aromatic heterocycles. The van der Waals surface area contributed by atoms with Gasteiger partial charge in [-0.3, -0.25) is 4.79 Å². The summed E-state index contributed by atoms with van der Waals surface area (Å²) in [6.07, 6.45) is 1.98. The second-order valence-corrected chi connectivity index (χ2v) is 6.86. The Bertz CT molecular complexity index is 805. The molecule has 1 fully saturated rings. The summed E-state index contributed by atoms with van der Waals surface area (Å²) in [5.74, 6) is -0.569. The molecule has 1 N–H and O–H groups in total. The van der Waals surface area contributed by atoms with Crippen molar-refractivity contribution in [2.24, 2.45) is 7.05 Å². The smallest absolute Gasteiger partial charge is 0.335 e. The normalized spacial score (nSPS) is 17.6. The SMILES string of the molecule is Cc1cc(C(=O)N2CCC[C@@H](c3ccc(C(=O)O)cc3)C2)c(C)n1C. The molecule has 0 aliphatic carbocycles. The number of likely N-dealkylation sites (tertiary alicyclic amines) is 1. The van der Waals surface area contributed by atoms with E-state index in [0.29, 0.717) is 12.1 Å². The van der Waals surface area contributed by atoms with Crippen LogP contribution < -0.4 is 0 Å². The number of hydrogen-bond acceptors (Lipinski definition) is 2. The van der Waals surface area contributed by atoms with Gasteiger partial charge in [0.15, 0.2) is 0 Å². The number of carbonyl (C=O) groups is 2. The van der Waals surface area contributed by atoms with Gasteiger partial charge in [0.25, 0.3) is 5.91 Å². The minimum atomic E-state index is -0.915. The van der Waals surface area contributed by atoms with Crippen LogP contribution in [0.3, 0.4) is 0 Å². The molecule has 1 aliphatic heterocycles. The number of aromatic carboxylic acids is 1. The molecule has 1 aliphatic rings. The quantitative estimate of drug-likeness (QED) is 0.932. The highest BCUT2D eigenvalue weighted by Crippen LogP contribution is 2.28. The number of piperidine rings is 1. The van der Waals surface area contributed by atoms with Crippen LogP contribution in [0.15, 0.2) is 30.3 Å². The molecule has 5 heteroatoms. The molecule has 0 spiro atoms. The van der Waals surface area contributed by atoms with Crippen LogP contribution in [0, 0.1) is 13.8 Å². The Balaban J connectivity index is 1.77. The summed E-state index contributed by atoms with van der Waals surface area (Å²) in [6.45, 7) is 5.44. The van der Waals surface area contributed by atoms with Gasteiger partial charge in [-0.2, -0.15) is 0 Å². The Hall–Kier alpha value is -2.56. The molecule has 0 bridgehead atoms. The van der Waals surface area contributed by atoms with Crippen LogP contribution in [0.2, 0.25) is 0 Å². The minimum Gasteiger partial charge on any atom is -0.478 e. The fourth-order valence-corrected chi connectivity index (χ4v) is 3.57. The highest BCUT2D eigenvalue weighted by Gasteiger charge is 2.27. The first-order valence-corrected chi connectivity index (χ1v) is 8.64. The van der Waals surface area contributed by atoms with Crippen molar-refractivity contribution >= 4 is 11.9 Å². The lowest BCUT2D eigenvalue weighted by atomic mass is 9.90. The topological polar surface area (TPSA) is 62.5 Å². The lowest BCUT2D eigenvalue weighted by Crippen LogP contribution is -2.39. The molecule has 1 atom stereocenters. The Kier molecular flexibility index (Phi) is 4.66. The fraction of sp³-hybridized carbons (Fsp3) is 0.400. The Labute approximate surface area is 147 Å². The summed E-state index contributed by atoms with van der Waals surface area (Å²) in [7, 11) is 1.98. The zero-order valence-electron chi connectivity index (χ0n) is 15.0. The van der Waals surface area contributed by atoms with Crippen LogP contribution in [0.5, 0.6) is 0 Å². The average Bonchev–Trinajstić information content (AvgIpc) is 2.88. The molecule has 2 heterocycles. The summed E-state index contributed by atoms with van der Waals surface area (Å²) in [4.78, 5) is 25.9. The van der Waals surface area contributed by atoms with E-state index in [4.69, 9.17) is 5.11 Å². The third-order valence-corrected chi connectivity index (χ3v) is 5.34. The lowest BCUT2D eigenvalue weighted by Gasteiger charge is -2.33. The first kappa shape index (κ1) is 17.3. The third kappa shape index (κ3) is 3.31. The number of benzene rings is 1. The lowest BCUT2D eigenvalue weighted by molar-refractivity contribution is 0.0693. The predicted octanol–water partition coefficient (Wildman–Crippen LogP) is 3.36. The number of hydrogen-bond donors (Lipinski definition) is 1. The maximum Gasteiger partial charge on any atom is 0.335 e. The number of nitrogens with zero attached hydrogens (tertiary/aromatic N) is 2. The van der Waals surface area contributed by atoms with E-state index in [9.17, 15) is 9.59 Å². The van der Waals surface area contributed by atoms with Crippen molar-refractivity contribution in [1.82, 2.24) is 9.47 Å². The summed E-state index contributed by atoms with van der Waals surface area (Å²) in [5, 5.41) is 9.02. The van der Waals surface area contributed by atoms with Gasteiger partial charge < -0.3 is 14.6 Å². The second kappa shape index (κ2) is 6.75. The Morgan fingerprint density at radius 2 is 1.84 bits per heavy atom. The molecule has 1 amide bonds. The Morgan fingerprint density at radius 1 is 1.16 bits per heavy atom. The van der Waals surface area contributed by atoms with E-state index in [0.717, 1.165) is 41.9 Å². The molecule has 1 saturated heterocycles. The maximum atomic E-state index is 12.9. The van der Waals surface area contributed by atoms with Crippen LogP contribution in [0.4, 0.5) is 0 Å². The van der Waals surface area contributed by atoms with Crippen LogP contribution in [-0.4, -0.2) is 39.5 Å². The molecule has 3 rings (SSSR count). The van der Waals surface area contributed by atoms with Gasteiger partial charge in [-0.1, -0.05) is 12.1 Å². The van der Waals surface area contributed by atoms with E-state index in [2.05, 4.69) is 0 Å². The van der Waals surface area contributed by atoms with Crippen molar-refractivity contribution in [3.05, 3.63) is 58.4 Å². The van der Waals surface area contributed by atoms with Gasteiger partial charge in [-0.15, -0.1) is 0 Å². The monoisotopic (exact) mass is 340 g/mol. The highest BCUT2D eigenvalue weighted by molar-refractivity contribution is 5.95. The molecule has 25 heavy (non-hydrogen) atoms. The number of rotatable bonds is 3. The Morgan fingerprint density at radius 3 is 2.40 bits per heavy atom. The van der Waals surface area contributed by atoms with Crippen molar-refractivity contribution < 1.29 is 14.7 Å². The van der Waals surface area contributed by atoms with E-state index < -0.39 is 5.97 Å². The zero-order chi connectivity index (χ0) is 18.1.